The van der Waals surface area contributed by atoms with Crippen LogP contribution in [0, 0.1) is 0 Å². The summed E-state index contributed by atoms with van der Waals surface area (Å²) >= 11 is 0. The zero-order valence-corrected chi connectivity index (χ0v) is 7.26. The molecule has 0 saturated carbocycles. The predicted molar refractivity (Wildman–Crippen MR) is 44.5 cm³/mol. The average Bonchev–Trinajstić information content (AvgIpc) is 2.55. The summed E-state index contributed by atoms with van der Waals surface area (Å²) in [5, 5.41) is 3.73. The molecule has 0 aromatic carbocycles. The molecular weight excluding hydrogens is 138 g/mol. The van der Waals surface area contributed by atoms with Crippen LogP contribution in [-0.4, -0.2) is 5.16 Å². The molecule has 0 bridgehead atoms. The fraction of sp³-hybridized carbons (Fsp3) is 0.667. The number of aromatic nitrogens is 1. The van der Waals surface area contributed by atoms with E-state index in [1.54, 1.807) is 0 Å². The maximum Gasteiger partial charge on any atom is 0.139 e. The first-order chi connectivity index (χ1) is 5.47. The Balaban J connectivity index is 0.000000281. The molecule has 0 aliphatic heterocycles. The monoisotopic (exact) mass is 153 g/mol. The van der Waals surface area contributed by atoms with Crippen molar-refractivity contribution in [3.8, 4) is 0 Å². The van der Waals surface area contributed by atoms with Crippen molar-refractivity contribution in [3.63, 3.8) is 0 Å². The van der Waals surface area contributed by atoms with Gasteiger partial charge in [0, 0.05) is 12.0 Å². The Labute approximate surface area is 67.6 Å². The first-order valence-electron chi connectivity index (χ1n) is 4.39. The highest BCUT2D eigenvalue weighted by Crippen LogP contribution is 2.19. The smallest absolute Gasteiger partial charge is 0.139 e. The van der Waals surface area contributed by atoms with E-state index in [9.17, 15) is 0 Å². The van der Waals surface area contributed by atoms with Gasteiger partial charge in [-0.25, -0.2) is 0 Å². The summed E-state index contributed by atoms with van der Waals surface area (Å²) in [7, 11) is 0. The van der Waals surface area contributed by atoms with Gasteiger partial charge in [0.15, 0.2) is 0 Å². The van der Waals surface area contributed by atoms with E-state index in [1.165, 1.54) is 24.8 Å². The van der Waals surface area contributed by atoms with E-state index in [0.717, 1.165) is 12.2 Å². The molecule has 0 unspecified atom stereocenters. The highest BCUT2D eigenvalue weighted by Gasteiger charge is 2.11. The minimum Gasteiger partial charge on any atom is -0.361 e. The van der Waals surface area contributed by atoms with E-state index in [-0.39, 0.29) is 0 Å². The Morgan fingerprint density at radius 3 is 2.73 bits per heavy atom. The van der Waals surface area contributed by atoms with Gasteiger partial charge in [0.05, 0.1) is 6.20 Å². The topological polar surface area (TPSA) is 26.0 Å². The summed E-state index contributed by atoms with van der Waals surface area (Å²) in [6, 6.07) is 0. The van der Waals surface area contributed by atoms with Crippen LogP contribution in [0.15, 0.2) is 10.7 Å². The van der Waals surface area contributed by atoms with Gasteiger partial charge in [-0.2, -0.15) is 0 Å². The van der Waals surface area contributed by atoms with E-state index in [0.29, 0.717) is 0 Å². The maximum absolute atomic E-state index is 5.01. The van der Waals surface area contributed by atoms with Crippen LogP contribution in [0.4, 0.5) is 0 Å². The Morgan fingerprint density at radius 2 is 2.00 bits per heavy atom. The van der Waals surface area contributed by atoms with Crippen LogP contribution in [0.5, 0.6) is 0 Å². The normalized spacial score (nSPS) is 14.7. The number of hydrogen-bond acceptors (Lipinski definition) is 2. The molecule has 2 heteroatoms. The number of fused-ring (bicyclic) bond motifs is 1. The molecule has 0 saturated heterocycles. The SMILES string of the molecule is CC.c1noc2c1CCCC2. The summed E-state index contributed by atoms with van der Waals surface area (Å²) in [4.78, 5) is 0. The third kappa shape index (κ3) is 1.82. The fourth-order valence-corrected chi connectivity index (χ4v) is 1.30. The van der Waals surface area contributed by atoms with Crippen LogP contribution in [0.3, 0.4) is 0 Å². The molecule has 62 valence electrons. The molecule has 0 fully saturated rings. The average molecular weight is 153 g/mol. The van der Waals surface area contributed by atoms with Crippen LogP contribution in [0.25, 0.3) is 0 Å². The van der Waals surface area contributed by atoms with Crippen molar-refractivity contribution in [2.24, 2.45) is 0 Å². The summed E-state index contributed by atoms with van der Waals surface area (Å²) in [6.07, 6.45) is 6.67. The number of rotatable bonds is 0. The van der Waals surface area contributed by atoms with Gasteiger partial charge in [-0.1, -0.05) is 19.0 Å². The van der Waals surface area contributed by atoms with Crippen molar-refractivity contribution in [2.45, 2.75) is 39.5 Å². The molecule has 11 heavy (non-hydrogen) atoms. The van der Waals surface area contributed by atoms with E-state index in [2.05, 4.69) is 5.16 Å². The molecule has 1 aliphatic carbocycles. The van der Waals surface area contributed by atoms with Gasteiger partial charge in [-0.05, 0) is 19.3 Å². The molecule has 2 nitrogen and oxygen atoms in total. The molecule has 1 aliphatic rings. The lowest BCUT2D eigenvalue weighted by molar-refractivity contribution is 0.372. The third-order valence-corrected chi connectivity index (χ3v) is 1.83. The van der Waals surface area contributed by atoms with Gasteiger partial charge >= 0.3 is 0 Å². The van der Waals surface area contributed by atoms with Crippen LogP contribution >= 0.6 is 0 Å². The van der Waals surface area contributed by atoms with Crippen molar-refractivity contribution < 1.29 is 4.52 Å². The predicted octanol–water partition coefficient (Wildman–Crippen LogP) is 2.58. The molecule has 0 atom stereocenters. The lowest BCUT2D eigenvalue weighted by Crippen LogP contribution is -1.97. The molecule has 1 aromatic rings. The van der Waals surface area contributed by atoms with Crippen LogP contribution < -0.4 is 0 Å². The van der Waals surface area contributed by atoms with Crippen molar-refractivity contribution in [1.82, 2.24) is 5.16 Å². The Kier molecular flexibility index (Phi) is 3.14. The van der Waals surface area contributed by atoms with Gasteiger partial charge in [-0.15, -0.1) is 0 Å². The van der Waals surface area contributed by atoms with E-state index in [1.807, 2.05) is 20.0 Å². The van der Waals surface area contributed by atoms with Gasteiger partial charge in [-0.3, -0.25) is 0 Å². The summed E-state index contributed by atoms with van der Waals surface area (Å²) < 4.78 is 5.01. The largest absolute Gasteiger partial charge is 0.361 e. The number of nitrogens with zero attached hydrogens (tertiary/aromatic N) is 1. The molecule has 1 heterocycles. The Morgan fingerprint density at radius 1 is 1.27 bits per heavy atom. The molecule has 0 N–H and O–H groups in total. The second-order valence-corrected chi connectivity index (χ2v) is 2.48. The molecule has 0 amide bonds. The molecular formula is C9H15NO. The van der Waals surface area contributed by atoms with Crippen molar-refractivity contribution in [1.29, 1.82) is 0 Å². The molecule has 0 spiro atoms. The van der Waals surface area contributed by atoms with Gasteiger partial charge < -0.3 is 4.52 Å². The lowest BCUT2D eigenvalue weighted by Gasteiger charge is -2.05. The van der Waals surface area contributed by atoms with Gasteiger partial charge in [0.1, 0.15) is 5.76 Å². The number of aryl methyl sites for hydroxylation is 2. The van der Waals surface area contributed by atoms with E-state index < -0.39 is 0 Å². The third-order valence-electron chi connectivity index (χ3n) is 1.83. The molecule has 0 radical (unpaired) electrons. The Bertz CT molecular complexity index is 185. The maximum atomic E-state index is 5.01. The second kappa shape index (κ2) is 4.16. The van der Waals surface area contributed by atoms with Crippen LogP contribution in [0.1, 0.15) is 38.0 Å². The molecule has 1 aromatic heterocycles. The number of hydrogen-bond donors (Lipinski definition) is 0. The van der Waals surface area contributed by atoms with Crippen molar-refractivity contribution in [3.05, 3.63) is 17.5 Å². The first-order valence-corrected chi connectivity index (χ1v) is 4.39. The van der Waals surface area contributed by atoms with Crippen molar-refractivity contribution in [2.75, 3.05) is 0 Å². The van der Waals surface area contributed by atoms with E-state index in [4.69, 9.17) is 4.52 Å². The van der Waals surface area contributed by atoms with Crippen molar-refractivity contribution >= 4 is 0 Å². The zero-order valence-electron chi connectivity index (χ0n) is 7.26. The van der Waals surface area contributed by atoms with Gasteiger partial charge in [0.2, 0.25) is 0 Å². The van der Waals surface area contributed by atoms with E-state index >= 15 is 0 Å². The standard InChI is InChI=1S/C7H9NO.C2H6/c1-2-4-7-6(3-1)5-8-9-7;1-2/h5H,1-4H2;1-2H3. The second-order valence-electron chi connectivity index (χ2n) is 2.48. The lowest BCUT2D eigenvalue weighted by atomic mass is 9.99. The minimum atomic E-state index is 1.09. The summed E-state index contributed by atoms with van der Waals surface area (Å²) in [6.45, 7) is 4.00. The zero-order chi connectivity index (χ0) is 8.10. The Hall–Kier alpha value is -0.790. The van der Waals surface area contributed by atoms with Crippen LogP contribution in [0.2, 0.25) is 0 Å². The first kappa shape index (κ1) is 8.31. The van der Waals surface area contributed by atoms with Crippen LogP contribution in [-0.2, 0) is 12.8 Å². The molecule has 2 rings (SSSR count). The van der Waals surface area contributed by atoms with Gasteiger partial charge in [0.25, 0.3) is 0 Å². The highest BCUT2D eigenvalue weighted by atomic mass is 16.5. The minimum absolute atomic E-state index is 1.09. The fourth-order valence-electron chi connectivity index (χ4n) is 1.30. The quantitative estimate of drug-likeness (QED) is 0.572. The summed E-state index contributed by atoms with van der Waals surface area (Å²) in [5.74, 6) is 1.11. The summed E-state index contributed by atoms with van der Waals surface area (Å²) in [5.41, 5.74) is 1.32. The highest BCUT2D eigenvalue weighted by molar-refractivity contribution is 5.15.